The number of carboxylic acids is 1. The van der Waals surface area contributed by atoms with Crippen molar-refractivity contribution in [3.63, 3.8) is 0 Å². The summed E-state index contributed by atoms with van der Waals surface area (Å²) in [5.74, 6) is -0.338. The Balaban J connectivity index is 1.29. The lowest BCUT2D eigenvalue weighted by Crippen LogP contribution is -2.47. The molecule has 2 aromatic carbocycles. The third kappa shape index (κ3) is 6.13. The summed E-state index contributed by atoms with van der Waals surface area (Å²) >= 11 is 0. The van der Waals surface area contributed by atoms with E-state index in [1.54, 1.807) is 19.3 Å². The minimum atomic E-state index is -3.40. The fourth-order valence-corrected chi connectivity index (χ4v) is 5.25. The van der Waals surface area contributed by atoms with Gasteiger partial charge >= 0.3 is 5.97 Å². The van der Waals surface area contributed by atoms with Gasteiger partial charge in [-0.1, -0.05) is 18.2 Å². The summed E-state index contributed by atoms with van der Waals surface area (Å²) in [6, 6.07) is 17.4. The van der Waals surface area contributed by atoms with Crippen LogP contribution in [0.1, 0.15) is 5.56 Å². The molecule has 0 aliphatic carbocycles. The molecule has 5 rings (SSSR count). The molecule has 2 aromatic heterocycles. The first-order chi connectivity index (χ1) is 18.7. The molecule has 0 amide bonds. The second kappa shape index (κ2) is 10.9. The van der Waals surface area contributed by atoms with Crippen LogP contribution in [0.4, 0.5) is 23.0 Å². The number of nitrogens with one attached hydrogen (secondary N) is 1. The molecule has 0 radical (unpaired) electrons. The normalized spacial score (nSPS) is 14.5. The van der Waals surface area contributed by atoms with E-state index in [1.165, 1.54) is 10.6 Å². The van der Waals surface area contributed by atoms with Crippen LogP contribution in [-0.4, -0.2) is 85.0 Å². The predicted molar refractivity (Wildman–Crippen MR) is 152 cm³/mol. The van der Waals surface area contributed by atoms with Gasteiger partial charge in [-0.05, 0) is 42.0 Å². The highest BCUT2D eigenvalue weighted by atomic mass is 32.2. The lowest BCUT2D eigenvalue weighted by molar-refractivity contribution is -0.138. The number of aromatic nitrogens is 3. The lowest BCUT2D eigenvalue weighted by atomic mass is 10.2. The lowest BCUT2D eigenvalue weighted by Gasteiger charge is -2.35. The molecule has 4 aromatic rings. The summed E-state index contributed by atoms with van der Waals surface area (Å²) in [5.41, 5.74) is 4.15. The van der Waals surface area contributed by atoms with E-state index in [-0.39, 0.29) is 6.54 Å². The molecule has 11 nitrogen and oxygen atoms in total. The first kappa shape index (κ1) is 26.4. The van der Waals surface area contributed by atoms with Crippen LogP contribution in [0.15, 0.2) is 67.0 Å². The van der Waals surface area contributed by atoms with Crippen LogP contribution < -0.4 is 14.5 Å². The Morgan fingerprint density at radius 2 is 1.77 bits per heavy atom. The first-order valence-electron chi connectivity index (χ1n) is 12.6. The molecule has 0 saturated carbocycles. The minimum Gasteiger partial charge on any atom is -0.480 e. The van der Waals surface area contributed by atoms with Crippen LogP contribution in [0.5, 0.6) is 0 Å². The van der Waals surface area contributed by atoms with Crippen molar-refractivity contribution < 1.29 is 18.3 Å². The van der Waals surface area contributed by atoms with Crippen LogP contribution in [-0.2, 0) is 21.4 Å². The number of sulfonamides is 1. The van der Waals surface area contributed by atoms with Crippen LogP contribution in [0.25, 0.3) is 11.0 Å². The van der Waals surface area contributed by atoms with E-state index in [1.807, 2.05) is 64.2 Å². The molecule has 3 heterocycles. The molecule has 204 valence electrons. The maximum atomic E-state index is 12.1. The number of rotatable bonds is 9. The highest BCUT2D eigenvalue weighted by Crippen LogP contribution is 2.25. The molecule has 0 atom stereocenters. The predicted octanol–water partition coefficient (Wildman–Crippen LogP) is 2.83. The molecule has 1 fully saturated rings. The van der Waals surface area contributed by atoms with Crippen LogP contribution in [0, 0.1) is 0 Å². The molecule has 1 aliphatic heterocycles. The van der Waals surface area contributed by atoms with Crippen molar-refractivity contribution in [2.75, 3.05) is 60.5 Å². The van der Waals surface area contributed by atoms with Gasteiger partial charge in [0.1, 0.15) is 5.65 Å². The number of benzene rings is 2. The standard InChI is InChI=1S/C27H31N7O4S/c1-31(39(2,37)38)24-6-4-3-5-21(24)18-34-12-11-20-17-28-27(30-26(20)34)29-22-7-9-23(10-8-22)33-15-13-32(14-16-33)19-25(35)36/h3-12,17H,13-16,18-19H2,1-2H3,(H,35,36)(H,28,29,30). The Hall–Kier alpha value is -4.16. The Morgan fingerprint density at radius 1 is 1.05 bits per heavy atom. The van der Waals surface area contributed by atoms with E-state index in [0.29, 0.717) is 18.2 Å². The zero-order valence-electron chi connectivity index (χ0n) is 21.9. The second-order valence-electron chi connectivity index (χ2n) is 9.60. The van der Waals surface area contributed by atoms with Crippen LogP contribution in [0.3, 0.4) is 0 Å². The average Bonchev–Trinajstić information content (AvgIpc) is 3.30. The Kier molecular flexibility index (Phi) is 7.40. The van der Waals surface area contributed by atoms with Crippen molar-refractivity contribution in [3.05, 3.63) is 72.6 Å². The van der Waals surface area contributed by atoms with Crippen LogP contribution >= 0.6 is 0 Å². The van der Waals surface area contributed by atoms with Crippen molar-refractivity contribution in [3.8, 4) is 0 Å². The third-order valence-corrected chi connectivity index (χ3v) is 8.08. The quantitative estimate of drug-likeness (QED) is 0.324. The zero-order chi connectivity index (χ0) is 27.6. The topological polar surface area (TPSA) is 124 Å². The molecular weight excluding hydrogens is 518 g/mol. The smallest absolute Gasteiger partial charge is 0.317 e. The van der Waals surface area contributed by atoms with Gasteiger partial charge in [-0.15, -0.1) is 0 Å². The van der Waals surface area contributed by atoms with Crippen molar-refractivity contribution in [2.24, 2.45) is 0 Å². The number of hydrogen-bond acceptors (Lipinski definition) is 8. The molecular formula is C27H31N7O4S. The van der Waals surface area contributed by atoms with E-state index in [0.717, 1.165) is 54.2 Å². The van der Waals surface area contributed by atoms with E-state index in [2.05, 4.69) is 15.2 Å². The van der Waals surface area contributed by atoms with E-state index < -0.39 is 16.0 Å². The fraction of sp³-hybridized carbons (Fsp3) is 0.296. The summed E-state index contributed by atoms with van der Waals surface area (Å²) < 4.78 is 27.5. The third-order valence-electron chi connectivity index (χ3n) is 6.89. The molecule has 39 heavy (non-hydrogen) atoms. The summed E-state index contributed by atoms with van der Waals surface area (Å²) in [5, 5.41) is 13.1. The number of fused-ring (bicyclic) bond motifs is 1. The highest BCUT2D eigenvalue weighted by molar-refractivity contribution is 7.92. The second-order valence-corrected chi connectivity index (χ2v) is 11.6. The van der Waals surface area contributed by atoms with E-state index >= 15 is 0 Å². The number of para-hydroxylation sites is 1. The summed E-state index contributed by atoms with van der Waals surface area (Å²) in [6.07, 6.45) is 4.88. The fourth-order valence-electron chi connectivity index (χ4n) is 4.71. The molecule has 12 heteroatoms. The molecule has 1 aliphatic rings. The van der Waals surface area contributed by atoms with Gasteiger partial charge in [0.15, 0.2) is 0 Å². The van der Waals surface area contributed by atoms with Gasteiger partial charge in [0, 0.05) is 62.4 Å². The Morgan fingerprint density at radius 3 is 2.46 bits per heavy atom. The number of anilines is 4. The van der Waals surface area contributed by atoms with Gasteiger partial charge in [0.05, 0.1) is 25.0 Å². The largest absolute Gasteiger partial charge is 0.480 e. The van der Waals surface area contributed by atoms with Crippen molar-refractivity contribution in [1.82, 2.24) is 19.4 Å². The van der Waals surface area contributed by atoms with Crippen molar-refractivity contribution in [2.45, 2.75) is 6.54 Å². The molecule has 0 spiro atoms. The molecule has 0 unspecified atom stereocenters. The van der Waals surface area contributed by atoms with Gasteiger partial charge < -0.3 is 19.9 Å². The van der Waals surface area contributed by atoms with Crippen LogP contribution in [0.2, 0.25) is 0 Å². The monoisotopic (exact) mass is 549 g/mol. The SMILES string of the molecule is CN(c1ccccc1Cn1ccc2cnc(Nc3ccc(N4CCN(CC(=O)O)CC4)cc3)nc21)S(C)(=O)=O. The summed E-state index contributed by atoms with van der Waals surface area (Å²) in [4.78, 5) is 24.3. The van der Waals surface area contributed by atoms with Crippen molar-refractivity contribution >= 4 is 50.0 Å². The number of aliphatic carboxylic acids is 1. The molecule has 2 N–H and O–H groups in total. The van der Waals surface area contributed by atoms with Gasteiger partial charge in [-0.3, -0.25) is 14.0 Å². The summed E-state index contributed by atoms with van der Waals surface area (Å²) in [6.45, 7) is 3.52. The van der Waals surface area contributed by atoms with Crippen molar-refractivity contribution in [1.29, 1.82) is 0 Å². The number of hydrogen-bond donors (Lipinski definition) is 2. The minimum absolute atomic E-state index is 0.0780. The summed E-state index contributed by atoms with van der Waals surface area (Å²) in [7, 11) is -1.84. The number of carboxylic acid groups (broad SMARTS) is 1. The molecule has 1 saturated heterocycles. The zero-order valence-corrected chi connectivity index (χ0v) is 22.7. The van der Waals surface area contributed by atoms with Gasteiger partial charge in [0.25, 0.3) is 0 Å². The highest BCUT2D eigenvalue weighted by Gasteiger charge is 2.19. The Bertz CT molecular complexity index is 1580. The number of nitrogens with zero attached hydrogens (tertiary/aromatic N) is 6. The average molecular weight is 550 g/mol. The van der Waals surface area contributed by atoms with Gasteiger partial charge in [0.2, 0.25) is 16.0 Å². The maximum Gasteiger partial charge on any atom is 0.317 e. The van der Waals surface area contributed by atoms with Gasteiger partial charge in [-0.2, -0.15) is 4.98 Å². The first-order valence-corrected chi connectivity index (χ1v) is 14.4. The van der Waals surface area contributed by atoms with E-state index in [4.69, 9.17) is 10.1 Å². The van der Waals surface area contributed by atoms with E-state index in [9.17, 15) is 13.2 Å². The maximum absolute atomic E-state index is 12.1. The number of piperazine rings is 1. The Labute approximate surface area is 227 Å². The molecule has 0 bridgehead atoms. The van der Waals surface area contributed by atoms with Gasteiger partial charge in [-0.25, -0.2) is 13.4 Å². The number of carbonyl (C=O) groups is 1.